The summed E-state index contributed by atoms with van der Waals surface area (Å²) in [6.07, 6.45) is -6.02. The first kappa shape index (κ1) is 24.6. The van der Waals surface area contributed by atoms with Gasteiger partial charge in [-0.1, -0.05) is 5.21 Å². The van der Waals surface area contributed by atoms with Crippen LogP contribution >= 0.6 is 0 Å². The summed E-state index contributed by atoms with van der Waals surface area (Å²) in [5.41, 5.74) is -4.11. The Bertz CT molecular complexity index is 1220. The molecular formula is C21H18F5N5O3. The second kappa shape index (κ2) is 9.08. The van der Waals surface area contributed by atoms with Crippen LogP contribution in [0.2, 0.25) is 0 Å². The molecule has 13 heteroatoms. The molecule has 0 spiro atoms. The van der Waals surface area contributed by atoms with E-state index in [0.29, 0.717) is 4.68 Å². The summed E-state index contributed by atoms with van der Waals surface area (Å²) < 4.78 is 73.8. The summed E-state index contributed by atoms with van der Waals surface area (Å²) in [5, 5.41) is 11.0. The van der Waals surface area contributed by atoms with Crippen LogP contribution in [0.3, 0.4) is 0 Å². The Kier molecular flexibility index (Phi) is 6.57. The molecule has 0 aliphatic rings. The number of anilines is 2. The number of halogens is 5. The Morgan fingerprint density at radius 3 is 2.21 bits per heavy atom. The minimum atomic E-state index is -5.04. The van der Waals surface area contributed by atoms with Gasteiger partial charge in [-0.3, -0.25) is 10.1 Å². The van der Waals surface area contributed by atoms with E-state index in [2.05, 4.69) is 20.9 Å². The van der Waals surface area contributed by atoms with Crippen molar-refractivity contribution in [2.75, 3.05) is 10.6 Å². The van der Waals surface area contributed by atoms with Gasteiger partial charge in [-0.05, 0) is 63.2 Å². The van der Waals surface area contributed by atoms with Gasteiger partial charge in [-0.15, -0.1) is 5.10 Å². The summed E-state index contributed by atoms with van der Waals surface area (Å²) in [4.78, 5) is 24.5. The fraction of sp³-hybridized carbons (Fsp3) is 0.238. The minimum Gasteiger partial charge on any atom is -0.444 e. The van der Waals surface area contributed by atoms with Crippen LogP contribution < -0.4 is 10.6 Å². The number of nitrogens with one attached hydrogen (secondary N) is 2. The second-order valence-corrected chi connectivity index (χ2v) is 7.95. The van der Waals surface area contributed by atoms with Gasteiger partial charge in [0, 0.05) is 5.69 Å². The minimum absolute atomic E-state index is 0.137. The van der Waals surface area contributed by atoms with Crippen molar-refractivity contribution in [3.8, 4) is 5.69 Å². The third kappa shape index (κ3) is 5.85. The number of ether oxygens (including phenoxy) is 1. The van der Waals surface area contributed by atoms with Crippen molar-refractivity contribution in [2.45, 2.75) is 32.5 Å². The SMILES string of the molecule is CC(C)(C)OC(=O)Nc1cc(NC(=O)c2nnn(-c3ccc(F)cc3)c2C(F)(F)F)ccc1F. The Morgan fingerprint density at radius 2 is 1.62 bits per heavy atom. The molecule has 3 rings (SSSR count). The number of hydrogen-bond donors (Lipinski definition) is 2. The molecule has 0 aliphatic heterocycles. The molecule has 180 valence electrons. The topological polar surface area (TPSA) is 98.1 Å². The normalized spacial score (nSPS) is 11.8. The predicted molar refractivity (Wildman–Crippen MR) is 111 cm³/mol. The molecule has 2 amide bonds. The molecule has 0 fully saturated rings. The van der Waals surface area contributed by atoms with Crippen LogP contribution in [-0.2, 0) is 10.9 Å². The Morgan fingerprint density at radius 1 is 0.971 bits per heavy atom. The summed E-state index contributed by atoms with van der Waals surface area (Å²) in [5.74, 6) is -2.85. The molecule has 0 bridgehead atoms. The van der Waals surface area contributed by atoms with E-state index in [1.54, 1.807) is 20.8 Å². The lowest BCUT2D eigenvalue weighted by Gasteiger charge is -2.20. The van der Waals surface area contributed by atoms with Crippen molar-refractivity contribution in [1.29, 1.82) is 0 Å². The lowest BCUT2D eigenvalue weighted by molar-refractivity contribution is -0.143. The summed E-state index contributed by atoms with van der Waals surface area (Å²) in [6.45, 7) is 4.78. The van der Waals surface area contributed by atoms with Gasteiger partial charge in [0.2, 0.25) is 0 Å². The van der Waals surface area contributed by atoms with Crippen LogP contribution in [-0.4, -0.2) is 32.6 Å². The van der Waals surface area contributed by atoms with E-state index in [9.17, 15) is 31.5 Å². The molecule has 0 saturated heterocycles. The van der Waals surface area contributed by atoms with Gasteiger partial charge < -0.3 is 10.1 Å². The number of rotatable bonds is 4. The third-order valence-corrected chi connectivity index (χ3v) is 4.08. The smallest absolute Gasteiger partial charge is 0.435 e. The van der Waals surface area contributed by atoms with Crippen molar-refractivity contribution in [1.82, 2.24) is 15.0 Å². The first-order valence-electron chi connectivity index (χ1n) is 9.64. The maximum Gasteiger partial charge on any atom is 0.435 e. The van der Waals surface area contributed by atoms with Crippen LogP contribution in [0.15, 0.2) is 42.5 Å². The number of hydrogen-bond acceptors (Lipinski definition) is 5. The molecule has 2 N–H and O–H groups in total. The highest BCUT2D eigenvalue weighted by Gasteiger charge is 2.42. The zero-order chi connectivity index (χ0) is 25.3. The van der Waals surface area contributed by atoms with Gasteiger partial charge in [-0.2, -0.15) is 13.2 Å². The number of carbonyl (C=O) groups excluding carboxylic acids is 2. The number of alkyl halides is 3. The van der Waals surface area contributed by atoms with Gasteiger partial charge in [0.1, 0.15) is 17.2 Å². The van der Waals surface area contributed by atoms with Gasteiger partial charge >= 0.3 is 12.3 Å². The van der Waals surface area contributed by atoms with Gasteiger partial charge in [0.05, 0.1) is 11.4 Å². The molecule has 0 saturated carbocycles. The Balaban J connectivity index is 1.89. The second-order valence-electron chi connectivity index (χ2n) is 7.95. The van der Waals surface area contributed by atoms with E-state index in [4.69, 9.17) is 4.74 Å². The molecule has 34 heavy (non-hydrogen) atoms. The van der Waals surface area contributed by atoms with Gasteiger partial charge in [0.15, 0.2) is 11.4 Å². The van der Waals surface area contributed by atoms with Crippen LogP contribution in [0.1, 0.15) is 37.0 Å². The first-order valence-corrected chi connectivity index (χ1v) is 9.64. The van der Waals surface area contributed by atoms with E-state index >= 15 is 0 Å². The number of benzene rings is 2. The zero-order valence-corrected chi connectivity index (χ0v) is 18.0. The number of amides is 2. The molecule has 0 radical (unpaired) electrons. The number of aromatic nitrogens is 3. The number of nitrogens with zero attached hydrogens (tertiary/aromatic N) is 3. The van der Waals surface area contributed by atoms with Crippen molar-refractivity contribution < 1.29 is 36.3 Å². The largest absolute Gasteiger partial charge is 0.444 e. The van der Waals surface area contributed by atoms with E-state index in [1.165, 1.54) is 0 Å². The molecule has 1 heterocycles. The highest BCUT2D eigenvalue weighted by atomic mass is 19.4. The Labute approximate surface area is 189 Å². The highest BCUT2D eigenvalue weighted by molar-refractivity contribution is 6.04. The quantitative estimate of drug-likeness (QED) is 0.500. The molecule has 2 aromatic carbocycles. The van der Waals surface area contributed by atoms with Gasteiger partial charge in [0.25, 0.3) is 5.91 Å². The van der Waals surface area contributed by atoms with Crippen LogP contribution in [0.5, 0.6) is 0 Å². The van der Waals surface area contributed by atoms with Crippen molar-refractivity contribution in [3.63, 3.8) is 0 Å². The van der Waals surface area contributed by atoms with E-state index in [-0.39, 0.29) is 17.1 Å². The molecule has 0 atom stereocenters. The van der Waals surface area contributed by atoms with Crippen molar-refractivity contribution >= 4 is 23.4 Å². The summed E-state index contributed by atoms with van der Waals surface area (Å²) in [6, 6.07) is 6.89. The zero-order valence-electron chi connectivity index (χ0n) is 18.0. The molecule has 0 aliphatic carbocycles. The molecule has 0 unspecified atom stereocenters. The lowest BCUT2D eigenvalue weighted by atomic mass is 10.2. The lowest BCUT2D eigenvalue weighted by Crippen LogP contribution is -2.27. The monoisotopic (exact) mass is 483 g/mol. The number of carbonyl (C=O) groups is 2. The maximum atomic E-state index is 14.1. The van der Waals surface area contributed by atoms with E-state index < -0.39 is 46.8 Å². The Hall–Kier alpha value is -4.03. The first-order chi connectivity index (χ1) is 15.7. The van der Waals surface area contributed by atoms with Crippen LogP contribution in [0, 0.1) is 11.6 Å². The highest BCUT2D eigenvalue weighted by Crippen LogP contribution is 2.33. The molecule has 8 nitrogen and oxygen atoms in total. The van der Waals surface area contributed by atoms with E-state index in [1.807, 2.05) is 0 Å². The van der Waals surface area contributed by atoms with Crippen molar-refractivity contribution in [2.24, 2.45) is 0 Å². The fourth-order valence-corrected chi connectivity index (χ4v) is 2.75. The van der Waals surface area contributed by atoms with E-state index in [0.717, 1.165) is 42.5 Å². The third-order valence-electron chi connectivity index (χ3n) is 4.08. The van der Waals surface area contributed by atoms with Crippen LogP contribution in [0.4, 0.5) is 38.1 Å². The maximum absolute atomic E-state index is 14.1. The summed E-state index contributed by atoms with van der Waals surface area (Å²) in [7, 11) is 0. The predicted octanol–water partition coefficient (Wildman–Crippen LogP) is 5.16. The standard InChI is InChI=1S/C21H18F5N5O3/c1-20(2,3)34-19(33)28-15-10-12(6-9-14(15)23)27-18(32)16-17(21(24,25)26)31(30-29-16)13-7-4-11(22)5-8-13/h4-10H,1-3H3,(H,27,32)(H,28,33). The van der Waals surface area contributed by atoms with Gasteiger partial charge in [-0.25, -0.2) is 18.3 Å². The fourth-order valence-electron chi connectivity index (χ4n) is 2.75. The molecule has 3 aromatic rings. The molecular weight excluding hydrogens is 465 g/mol. The average Bonchev–Trinajstić information content (AvgIpc) is 3.15. The molecule has 1 aromatic heterocycles. The van der Waals surface area contributed by atoms with Crippen molar-refractivity contribution in [3.05, 3.63) is 65.5 Å². The van der Waals surface area contributed by atoms with Crippen LogP contribution in [0.25, 0.3) is 5.69 Å². The average molecular weight is 483 g/mol. The summed E-state index contributed by atoms with van der Waals surface area (Å²) >= 11 is 0.